The van der Waals surface area contributed by atoms with Crippen molar-refractivity contribution in [2.24, 2.45) is 5.92 Å². The molecule has 0 rings (SSSR count). The van der Waals surface area contributed by atoms with Crippen LogP contribution in [0.3, 0.4) is 0 Å². The molecule has 0 saturated carbocycles. The molecule has 0 spiro atoms. The second kappa shape index (κ2) is 9.36. The number of carbonyl (C=O) groups excluding carboxylic acids is 1. The van der Waals surface area contributed by atoms with Crippen LogP contribution in [-0.2, 0) is 14.3 Å². The third-order valence-corrected chi connectivity index (χ3v) is 2.30. The zero-order valence-corrected chi connectivity index (χ0v) is 12.5. The molecule has 6 heteroatoms. The number of rotatable bonds is 9. The van der Waals surface area contributed by atoms with Gasteiger partial charge in [0.25, 0.3) is 0 Å². The molecule has 0 aromatic carbocycles. The van der Waals surface area contributed by atoms with Gasteiger partial charge in [0.05, 0.1) is 19.1 Å². The Balaban J connectivity index is 3.76. The highest BCUT2D eigenvalue weighted by Gasteiger charge is 2.17. The average molecular weight is 287 g/mol. The van der Waals surface area contributed by atoms with E-state index in [9.17, 15) is 9.59 Å². The zero-order valence-electron chi connectivity index (χ0n) is 12.5. The molecule has 0 bridgehead atoms. The van der Waals surface area contributed by atoms with Crippen molar-refractivity contribution in [1.82, 2.24) is 5.32 Å². The number of carbonyl (C=O) groups is 2. The highest BCUT2D eigenvalue weighted by Crippen LogP contribution is 2.08. The lowest BCUT2D eigenvalue weighted by atomic mass is 10.1. The van der Waals surface area contributed by atoms with Crippen molar-refractivity contribution in [2.45, 2.75) is 39.2 Å². The number of carboxylic acid groups (broad SMARTS) is 1. The van der Waals surface area contributed by atoms with Gasteiger partial charge in [-0.05, 0) is 33.6 Å². The van der Waals surface area contributed by atoms with E-state index in [4.69, 9.17) is 14.6 Å². The number of aliphatic carboxylic acids is 1. The maximum Gasteiger partial charge on any atom is 0.407 e. The van der Waals surface area contributed by atoms with Crippen LogP contribution >= 0.6 is 0 Å². The molecule has 0 saturated heterocycles. The predicted molar refractivity (Wildman–Crippen MR) is 75.6 cm³/mol. The van der Waals surface area contributed by atoms with Gasteiger partial charge < -0.3 is 19.9 Å². The van der Waals surface area contributed by atoms with Crippen LogP contribution in [-0.4, -0.2) is 42.5 Å². The fourth-order valence-electron chi connectivity index (χ4n) is 1.36. The Morgan fingerprint density at radius 2 is 2.05 bits per heavy atom. The summed E-state index contributed by atoms with van der Waals surface area (Å²) in [6.45, 7) is 9.54. The summed E-state index contributed by atoms with van der Waals surface area (Å²) < 4.78 is 10.3. The largest absolute Gasteiger partial charge is 0.481 e. The van der Waals surface area contributed by atoms with Crippen molar-refractivity contribution in [1.29, 1.82) is 0 Å². The Morgan fingerprint density at radius 1 is 1.40 bits per heavy atom. The van der Waals surface area contributed by atoms with Crippen LogP contribution in [0.1, 0.15) is 33.6 Å². The number of alkyl carbamates (subject to hydrolysis) is 1. The molecule has 1 atom stereocenters. The fourth-order valence-corrected chi connectivity index (χ4v) is 1.36. The molecule has 116 valence electrons. The van der Waals surface area contributed by atoms with Gasteiger partial charge in [0, 0.05) is 6.54 Å². The molecule has 6 nitrogen and oxygen atoms in total. The Morgan fingerprint density at radius 3 is 2.55 bits per heavy atom. The Kier molecular flexibility index (Phi) is 8.63. The van der Waals surface area contributed by atoms with Crippen molar-refractivity contribution in [3.63, 3.8) is 0 Å². The lowest BCUT2D eigenvalue weighted by molar-refractivity contribution is -0.144. The molecular weight excluding hydrogens is 262 g/mol. The van der Waals surface area contributed by atoms with E-state index in [0.717, 1.165) is 0 Å². The molecule has 0 fully saturated rings. The maximum absolute atomic E-state index is 11.3. The molecule has 0 aliphatic heterocycles. The summed E-state index contributed by atoms with van der Waals surface area (Å²) in [4.78, 5) is 22.2. The standard InChI is InChI=1S/C14H25NO5/c1-5-6-7-11(12(16)17)10-19-9-8-15-13(18)20-14(2,3)4/h5,11H,1,6-10H2,2-4H3,(H,15,18)(H,16,17). The molecule has 1 amide bonds. The highest BCUT2D eigenvalue weighted by molar-refractivity contribution is 5.70. The van der Waals surface area contributed by atoms with E-state index in [-0.39, 0.29) is 19.8 Å². The first-order valence-electron chi connectivity index (χ1n) is 6.64. The van der Waals surface area contributed by atoms with Gasteiger partial charge in [-0.3, -0.25) is 4.79 Å². The second-order valence-corrected chi connectivity index (χ2v) is 5.40. The van der Waals surface area contributed by atoms with E-state index in [2.05, 4.69) is 11.9 Å². The van der Waals surface area contributed by atoms with Gasteiger partial charge in [-0.25, -0.2) is 4.79 Å². The first-order valence-corrected chi connectivity index (χ1v) is 6.64. The van der Waals surface area contributed by atoms with Crippen LogP contribution in [0.25, 0.3) is 0 Å². The van der Waals surface area contributed by atoms with Crippen molar-refractivity contribution in [3.8, 4) is 0 Å². The van der Waals surface area contributed by atoms with Crippen molar-refractivity contribution in [3.05, 3.63) is 12.7 Å². The Labute approximate surface area is 120 Å². The summed E-state index contributed by atoms with van der Waals surface area (Å²) in [7, 11) is 0. The number of carboxylic acids is 1. The summed E-state index contributed by atoms with van der Waals surface area (Å²) in [5.41, 5.74) is -0.538. The van der Waals surface area contributed by atoms with Crippen LogP contribution in [0.2, 0.25) is 0 Å². The summed E-state index contributed by atoms with van der Waals surface area (Å²) >= 11 is 0. The van der Waals surface area contributed by atoms with Crippen molar-refractivity contribution >= 4 is 12.1 Å². The Hall–Kier alpha value is -1.56. The SMILES string of the molecule is C=CCCC(COCCNC(=O)OC(C)(C)C)C(=O)O. The minimum Gasteiger partial charge on any atom is -0.481 e. The van der Waals surface area contributed by atoms with Crippen LogP contribution in [0, 0.1) is 5.92 Å². The topological polar surface area (TPSA) is 84.9 Å². The van der Waals surface area contributed by atoms with Gasteiger partial charge in [-0.1, -0.05) is 6.08 Å². The van der Waals surface area contributed by atoms with E-state index in [0.29, 0.717) is 12.8 Å². The number of hydrogen-bond acceptors (Lipinski definition) is 4. The van der Waals surface area contributed by atoms with Crippen LogP contribution in [0.5, 0.6) is 0 Å². The molecule has 0 aliphatic rings. The summed E-state index contributed by atoms with van der Waals surface area (Å²) in [6.07, 6.45) is 2.30. The third kappa shape index (κ3) is 10.4. The van der Waals surface area contributed by atoms with Gasteiger partial charge >= 0.3 is 12.1 Å². The molecule has 0 aromatic rings. The lowest BCUT2D eigenvalue weighted by Crippen LogP contribution is -2.34. The molecule has 0 aliphatic carbocycles. The smallest absolute Gasteiger partial charge is 0.407 e. The molecular formula is C14H25NO5. The van der Waals surface area contributed by atoms with E-state index in [1.54, 1.807) is 26.8 Å². The number of hydrogen-bond donors (Lipinski definition) is 2. The lowest BCUT2D eigenvalue weighted by Gasteiger charge is -2.19. The monoisotopic (exact) mass is 287 g/mol. The van der Waals surface area contributed by atoms with Crippen LogP contribution < -0.4 is 5.32 Å². The van der Waals surface area contributed by atoms with Gasteiger partial charge in [0.1, 0.15) is 5.60 Å². The predicted octanol–water partition coefficient (Wildman–Crippen LogP) is 2.19. The summed E-state index contributed by atoms with van der Waals surface area (Å²) in [5.74, 6) is -1.43. The summed E-state index contributed by atoms with van der Waals surface area (Å²) in [5, 5.41) is 11.5. The quantitative estimate of drug-likeness (QED) is 0.501. The number of ether oxygens (including phenoxy) is 2. The normalized spacial score (nSPS) is 12.6. The van der Waals surface area contributed by atoms with E-state index < -0.39 is 23.6 Å². The van der Waals surface area contributed by atoms with Gasteiger partial charge in [0.2, 0.25) is 0 Å². The average Bonchev–Trinajstić information content (AvgIpc) is 2.29. The van der Waals surface area contributed by atoms with Gasteiger partial charge in [0.15, 0.2) is 0 Å². The van der Waals surface area contributed by atoms with Crippen LogP contribution in [0.4, 0.5) is 4.79 Å². The molecule has 0 heterocycles. The minimum absolute atomic E-state index is 0.124. The van der Waals surface area contributed by atoms with E-state index >= 15 is 0 Å². The van der Waals surface area contributed by atoms with E-state index in [1.165, 1.54) is 0 Å². The molecule has 20 heavy (non-hydrogen) atoms. The Bertz CT molecular complexity index is 322. The van der Waals surface area contributed by atoms with Crippen molar-refractivity contribution < 1.29 is 24.2 Å². The summed E-state index contributed by atoms with van der Waals surface area (Å²) in [6, 6.07) is 0. The fraction of sp³-hybridized carbons (Fsp3) is 0.714. The number of allylic oxidation sites excluding steroid dienone is 1. The molecule has 2 N–H and O–H groups in total. The van der Waals surface area contributed by atoms with Gasteiger partial charge in [-0.15, -0.1) is 6.58 Å². The highest BCUT2D eigenvalue weighted by atomic mass is 16.6. The number of nitrogens with one attached hydrogen (secondary N) is 1. The zero-order chi connectivity index (χ0) is 15.6. The molecule has 0 radical (unpaired) electrons. The van der Waals surface area contributed by atoms with E-state index in [1.807, 2.05) is 0 Å². The first kappa shape index (κ1) is 18.4. The minimum atomic E-state index is -0.882. The first-order chi connectivity index (χ1) is 9.26. The third-order valence-electron chi connectivity index (χ3n) is 2.30. The van der Waals surface area contributed by atoms with Crippen LogP contribution in [0.15, 0.2) is 12.7 Å². The second-order valence-electron chi connectivity index (χ2n) is 5.40. The van der Waals surface area contributed by atoms with Gasteiger partial charge in [-0.2, -0.15) is 0 Å². The van der Waals surface area contributed by atoms with Crippen molar-refractivity contribution in [2.75, 3.05) is 19.8 Å². The number of amides is 1. The molecule has 0 aromatic heterocycles. The molecule has 1 unspecified atom stereocenters. The maximum atomic E-state index is 11.3.